The van der Waals surface area contributed by atoms with E-state index in [0.29, 0.717) is 6.79 Å². The Balaban J connectivity index is 0. The second kappa shape index (κ2) is 16.7. The molecule has 15 heavy (non-hydrogen) atoms. The fourth-order valence-corrected chi connectivity index (χ4v) is 1.02. The average molecular weight is 206 g/mol. The second-order valence-corrected chi connectivity index (χ2v) is 3.19. The van der Waals surface area contributed by atoms with Crippen LogP contribution in [0.25, 0.3) is 0 Å². The van der Waals surface area contributed by atoms with E-state index >= 15 is 0 Å². The topological polar surface area (TPSA) is 18.5 Å². The molecule has 0 saturated heterocycles. The van der Waals surface area contributed by atoms with Crippen molar-refractivity contribution in [1.29, 1.82) is 0 Å². The Hall–Kier alpha value is 0.257. The fourth-order valence-electron chi connectivity index (χ4n) is 1.02. The Morgan fingerprint density at radius 3 is 2.47 bits per heavy atom. The maximum Gasteiger partial charge on any atom is 1.00 e. The normalized spacial score (nSPS) is 10.5. The maximum absolute atomic E-state index is 5.28. The molecule has 0 unspecified atom stereocenters. The van der Waals surface area contributed by atoms with Crippen LogP contribution in [0, 0.1) is 6.92 Å². The maximum atomic E-state index is 5.28. The molecule has 0 aliphatic heterocycles. The average Bonchev–Trinajstić information content (AvgIpc) is 2.21. The van der Waals surface area contributed by atoms with E-state index in [0.717, 1.165) is 32.5 Å². The summed E-state index contributed by atoms with van der Waals surface area (Å²) < 4.78 is 10.6. The number of hydrogen-bond donors (Lipinski definition) is 0. The van der Waals surface area contributed by atoms with Gasteiger partial charge in [0.05, 0.1) is 6.61 Å². The first kappa shape index (κ1) is 17.6. The molecule has 84 valence electrons. The molecule has 0 spiro atoms. The van der Waals surface area contributed by atoms with Gasteiger partial charge in [0.1, 0.15) is 6.79 Å². The fraction of sp³-hybridized carbons (Fsp3) is 0.750. The molecule has 0 radical (unpaired) electrons. The predicted molar refractivity (Wildman–Crippen MR) is 60.0 cm³/mol. The van der Waals surface area contributed by atoms with Crippen molar-refractivity contribution in [2.24, 2.45) is 0 Å². The van der Waals surface area contributed by atoms with Crippen molar-refractivity contribution in [1.82, 2.24) is 0 Å². The van der Waals surface area contributed by atoms with E-state index in [2.05, 4.69) is 19.9 Å². The summed E-state index contributed by atoms with van der Waals surface area (Å²) in [7, 11) is 0. The Kier molecular flexibility index (Phi) is 19.6. The van der Waals surface area contributed by atoms with Crippen LogP contribution < -0.4 is 18.9 Å². The second-order valence-electron chi connectivity index (χ2n) is 3.19. The monoisotopic (exact) mass is 206 g/mol. The number of allylic oxidation sites excluding steroid dienone is 1. The van der Waals surface area contributed by atoms with Crippen molar-refractivity contribution in [3.05, 3.63) is 19.1 Å². The summed E-state index contributed by atoms with van der Waals surface area (Å²) in [6.45, 7) is 7.89. The summed E-state index contributed by atoms with van der Waals surface area (Å²) in [6, 6.07) is 0. The van der Waals surface area contributed by atoms with E-state index in [9.17, 15) is 0 Å². The first-order chi connectivity index (χ1) is 6.91. The molecule has 0 bridgehead atoms. The zero-order valence-corrected chi connectivity index (χ0v) is 10.3. The van der Waals surface area contributed by atoms with Gasteiger partial charge in [0.25, 0.3) is 0 Å². The molecule has 0 aliphatic rings. The molecular weight excluding hydrogens is 183 g/mol. The van der Waals surface area contributed by atoms with Crippen LogP contribution in [-0.4, -0.2) is 20.0 Å². The third-order valence-electron chi connectivity index (χ3n) is 1.82. The molecule has 0 fully saturated rings. The van der Waals surface area contributed by atoms with Crippen molar-refractivity contribution in [3.8, 4) is 0 Å². The van der Waals surface area contributed by atoms with E-state index in [1.807, 2.05) is 6.08 Å². The smallest absolute Gasteiger partial charge is 0.355 e. The van der Waals surface area contributed by atoms with Crippen LogP contribution in [0.2, 0.25) is 0 Å². The standard InChI is InChI=1S/C12H23O2.Li/c1-3-5-7-9-11-14-12-13-10-8-6-4-2;/h5,7H,1,3-4,6,8-12H2,2H3;/q-1;+1/b7-5-;. The van der Waals surface area contributed by atoms with Crippen LogP contribution in [0.3, 0.4) is 0 Å². The quantitative estimate of drug-likeness (QED) is 0.169. The molecule has 0 atom stereocenters. The van der Waals surface area contributed by atoms with E-state index in [1.54, 1.807) is 0 Å². The summed E-state index contributed by atoms with van der Waals surface area (Å²) in [4.78, 5) is 0. The third kappa shape index (κ3) is 16.9. The molecule has 3 heteroatoms. The Labute approximate surface area is 107 Å². The molecule has 2 nitrogen and oxygen atoms in total. The van der Waals surface area contributed by atoms with Gasteiger partial charge in [-0.15, -0.1) is 6.08 Å². The number of hydrogen-bond acceptors (Lipinski definition) is 2. The van der Waals surface area contributed by atoms with Crippen LogP contribution in [0.5, 0.6) is 0 Å². The van der Waals surface area contributed by atoms with Gasteiger partial charge < -0.3 is 16.4 Å². The van der Waals surface area contributed by atoms with Gasteiger partial charge in [-0.2, -0.15) is 6.42 Å². The summed E-state index contributed by atoms with van der Waals surface area (Å²) >= 11 is 0. The minimum Gasteiger partial charge on any atom is -0.355 e. The van der Waals surface area contributed by atoms with Crippen LogP contribution in [0.15, 0.2) is 12.2 Å². The molecule has 0 N–H and O–H groups in total. The van der Waals surface area contributed by atoms with E-state index in [4.69, 9.17) is 9.47 Å². The van der Waals surface area contributed by atoms with Crippen molar-refractivity contribution < 1.29 is 28.3 Å². The van der Waals surface area contributed by atoms with Gasteiger partial charge in [-0.3, -0.25) is 0 Å². The Bertz CT molecular complexity index is 127. The minimum atomic E-state index is 0. The first-order valence-corrected chi connectivity index (χ1v) is 5.51. The van der Waals surface area contributed by atoms with Crippen LogP contribution in [0.1, 0.15) is 39.0 Å². The van der Waals surface area contributed by atoms with Crippen molar-refractivity contribution in [2.75, 3.05) is 20.0 Å². The summed E-state index contributed by atoms with van der Waals surface area (Å²) in [5, 5.41) is 0. The van der Waals surface area contributed by atoms with Crippen molar-refractivity contribution in [3.63, 3.8) is 0 Å². The minimum absolute atomic E-state index is 0. The first-order valence-electron chi connectivity index (χ1n) is 5.51. The Morgan fingerprint density at radius 2 is 1.80 bits per heavy atom. The summed E-state index contributed by atoms with van der Waals surface area (Å²) in [5.74, 6) is 0. The van der Waals surface area contributed by atoms with Gasteiger partial charge in [-0.05, 0) is 12.8 Å². The summed E-state index contributed by atoms with van der Waals surface area (Å²) in [5.41, 5.74) is 0. The van der Waals surface area contributed by atoms with Gasteiger partial charge >= 0.3 is 18.9 Å². The van der Waals surface area contributed by atoms with Gasteiger partial charge in [-0.25, -0.2) is 0 Å². The van der Waals surface area contributed by atoms with Crippen LogP contribution in [0.4, 0.5) is 0 Å². The molecular formula is C12H23LiO2. The van der Waals surface area contributed by atoms with E-state index < -0.39 is 0 Å². The predicted octanol–water partition coefficient (Wildman–Crippen LogP) is 0.342. The Morgan fingerprint density at radius 1 is 1.07 bits per heavy atom. The number of unbranched alkanes of at least 4 members (excludes halogenated alkanes) is 2. The zero-order chi connectivity index (χ0) is 10.5. The molecule has 0 saturated carbocycles. The molecule has 0 aliphatic carbocycles. The van der Waals surface area contributed by atoms with Crippen LogP contribution >= 0.6 is 0 Å². The van der Waals surface area contributed by atoms with Gasteiger partial charge in [0.2, 0.25) is 0 Å². The molecule has 0 heterocycles. The molecule has 0 aromatic rings. The molecule has 0 rings (SSSR count). The molecule has 0 aromatic heterocycles. The van der Waals surface area contributed by atoms with Crippen LogP contribution in [-0.2, 0) is 9.47 Å². The zero-order valence-electron chi connectivity index (χ0n) is 10.3. The van der Waals surface area contributed by atoms with Crippen molar-refractivity contribution >= 4 is 0 Å². The number of ether oxygens (including phenoxy) is 2. The summed E-state index contributed by atoms with van der Waals surface area (Å²) in [6.07, 6.45) is 9.56. The molecule has 0 aromatic carbocycles. The van der Waals surface area contributed by atoms with E-state index in [1.165, 1.54) is 12.8 Å². The SMILES string of the molecule is [CH2-]C/C=C\CCOCOCCCCC.[Li+]. The van der Waals surface area contributed by atoms with Gasteiger partial charge in [-0.1, -0.05) is 25.8 Å². The van der Waals surface area contributed by atoms with Gasteiger partial charge in [0.15, 0.2) is 0 Å². The third-order valence-corrected chi connectivity index (χ3v) is 1.82. The largest absolute Gasteiger partial charge is 1.00 e. The van der Waals surface area contributed by atoms with Gasteiger partial charge in [0, 0.05) is 6.61 Å². The molecule has 0 amide bonds. The van der Waals surface area contributed by atoms with E-state index in [-0.39, 0.29) is 18.9 Å². The number of rotatable bonds is 10. The van der Waals surface area contributed by atoms with Crippen molar-refractivity contribution in [2.45, 2.75) is 39.0 Å².